The van der Waals surface area contributed by atoms with E-state index in [-0.39, 0.29) is 11.8 Å². The van der Waals surface area contributed by atoms with Crippen molar-refractivity contribution in [2.45, 2.75) is 180 Å². The Morgan fingerprint density at radius 3 is 0.974 bits per heavy atom. The van der Waals surface area contributed by atoms with Crippen LogP contribution >= 0.6 is 0 Å². The van der Waals surface area contributed by atoms with Gasteiger partial charge in [0.1, 0.15) is 0 Å². The molecule has 2 saturated carbocycles. The maximum absolute atomic E-state index is 12.3. The fourth-order valence-electron chi connectivity index (χ4n) is 5.58. The van der Waals surface area contributed by atoms with Gasteiger partial charge in [-0.1, -0.05) is 103 Å². The largest absolute Gasteiger partial charge is 0.273 e. The number of amides is 2. The number of carbonyl (C=O) groups is 2. The Morgan fingerprint density at radius 2 is 0.684 bits per heavy atom. The molecular formula is C32H58N4O2. The van der Waals surface area contributed by atoms with Crippen LogP contribution in [0.15, 0.2) is 10.2 Å². The van der Waals surface area contributed by atoms with Gasteiger partial charge in [-0.15, -0.1) is 0 Å². The van der Waals surface area contributed by atoms with Crippen molar-refractivity contribution < 1.29 is 9.59 Å². The van der Waals surface area contributed by atoms with E-state index in [9.17, 15) is 9.59 Å². The molecule has 0 aromatic heterocycles. The third kappa shape index (κ3) is 18.5. The van der Waals surface area contributed by atoms with Gasteiger partial charge in [-0.3, -0.25) is 9.59 Å². The molecule has 0 heterocycles. The van der Waals surface area contributed by atoms with Gasteiger partial charge in [0.05, 0.1) is 0 Å². The van der Waals surface area contributed by atoms with Gasteiger partial charge >= 0.3 is 0 Å². The van der Waals surface area contributed by atoms with Crippen LogP contribution in [0.25, 0.3) is 0 Å². The second-order valence-electron chi connectivity index (χ2n) is 11.7. The molecule has 0 aromatic rings. The molecule has 0 atom stereocenters. The van der Waals surface area contributed by atoms with E-state index in [1.165, 1.54) is 127 Å². The zero-order valence-corrected chi connectivity index (χ0v) is 24.5. The molecule has 2 rings (SSSR count). The Bertz CT molecular complexity index is 603. The summed E-state index contributed by atoms with van der Waals surface area (Å²) < 4.78 is 0. The predicted octanol–water partition coefficient (Wildman–Crippen LogP) is 8.88. The van der Waals surface area contributed by atoms with Crippen molar-refractivity contribution in [2.75, 3.05) is 0 Å². The van der Waals surface area contributed by atoms with Gasteiger partial charge in [-0.2, -0.15) is 10.2 Å². The topological polar surface area (TPSA) is 82.9 Å². The summed E-state index contributed by atoms with van der Waals surface area (Å²) in [7, 11) is 0. The molecule has 218 valence electrons. The third-order valence-corrected chi connectivity index (χ3v) is 8.10. The summed E-state index contributed by atoms with van der Waals surface area (Å²) in [5.41, 5.74) is 7.97. The fraction of sp³-hybridized carbons (Fsp3) is 0.875. The molecule has 38 heavy (non-hydrogen) atoms. The average Bonchev–Trinajstić information content (AvgIpc) is 2.90. The zero-order chi connectivity index (χ0) is 26.9. The van der Waals surface area contributed by atoms with Crippen LogP contribution in [0.5, 0.6) is 0 Å². The minimum atomic E-state index is 0.0224. The molecule has 0 radical (unpaired) electrons. The van der Waals surface area contributed by atoms with Crippen LogP contribution in [0.2, 0.25) is 0 Å². The summed E-state index contributed by atoms with van der Waals surface area (Å²) in [6, 6.07) is 0. The predicted molar refractivity (Wildman–Crippen MR) is 160 cm³/mol. The number of hydrazone groups is 2. The Hall–Kier alpha value is -1.72. The van der Waals surface area contributed by atoms with E-state index in [4.69, 9.17) is 0 Å². The highest BCUT2D eigenvalue weighted by Gasteiger charge is 2.07. The van der Waals surface area contributed by atoms with Crippen LogP contribution < -0.4 is 10.9 Å². The lowest BCUT2D eigenvalue weighted by atomic mass is 10.00. The maximum Gasteiger partial charge on any atom is 0.240 e. The number of hydrogen-bond acceptors (Lipinski definition) is 4. The number of nitrogens with one attached hydrogen (secondary N) is 2. The van der Waals surface area contributed by atoms with Crippen molar-refractivity contribution in [1.29, 1.82) is 0 Å². The summed E-state index contributed by atoms with van der Waals surface area (Å²) in [4.78, 5) is 24.5. The minimum absolute atomic E-state index is 0.0224. The molecule has 0 spiro atoms. The molecule has 6 nitrogen and oxygen atoms in total. The second kappa shape index (κ2) is 23.2. The first-order valence-corrected chi connectivity index (χ1v) is 16.4. The molecule has 2 N–H and O–H groups in total. The summed E-state index contributed by atoms with van der Waals surface area (Å²) >= 11 is 0. The van der Waals surface area contributed by atoms with Gasteiger partial charge in [-0.05, 0) is 64.2 Å². The van der Waals surface area contributed by atoms with Crippen LogP contribution in [0.3, 0.4) is 0 Å². The van der Waals surface area contributed by atoms with Crippen molar-refractivity contribution in [2.24, 2.45) is 10.2 Å². The molecule has 2 fully saturated rings. The Kier molecular flexibility index (Phi) is 19.8. The maximum atomic E-state index is 12.3. The van der Waals surface area contributed by atoms with E-state index in [0.717, 1.165) is 51.4 Å². The van der Waals surface area contributed by atoms with Crippen LogP contribution in [0.4, 0.5) is 0 Å². The molecule has 0 bridgehead atoms. The highest BCUT2D eigenvalue weighted by Crippen LogP contribution is 2.17. The van der Waals surface area contributed by atoms with E-state index >= 15 is 0 Å². The average molecular weight is 531 g/mol. The van der Waals surface area contributed by atoms with Crippen molar-refractivity contribution >= 4 is 23.2 Å². The standard InChI is InChI=1S/C32H58N4O2/c37-31(35-33-29-23-17-11-7-3-1-4-8-12-18-24-29)27-21-15-16-22-28-32(38)36-34-30-25-19-13-9-5-2-6-10-14-20-26-30/h1-28H2,(H,35,37)(H,36,38). The fourth-order valence-corrected chi connectivity index (χ4v) is 5.58. The van der Waals surface area contributed by atoms with Crippen LogP contribution in [0, 0.1) is 0 Å². The van der Waals surface area contributed by atoms with Crippen molar-refractivity contribution in [3.63, 3.8) is 0 Å². The monoisotopic (exact) mass is 530 g/mol. The highest BCUT2D eigenvalue weighted by atomic mass is 16.2. The Balaban J connectivity index is 1.54. The van der Waals surface area contributed by atoms with E-state index in [2.05, 4.69) is 21.1 Å². The van der Waals surface area contributed by atoms with Gasteiger partial charge in [-0.25, -0.2) is 10.9 Å². The highest BCUT2D eigenvalue weighted by molar-refractivity contribution is 5.87. The summed E-state index contributed by atoms with van der Waals surface area (Å²) in [5.74, 6) is 0.0448. The van der Waals surface area contributed by atoms with Crippen LogP contribution in [-0.4, -0.2) is 23.2 Å². The molecule has 2 aliphatic rings. The van der Waals surface area contributed by atoms with E-state index in [0.29, 0.717) is 12.8 Å². The molecule has 0 aliphatic heterocycles. The number of nitrogens with zero attached hydrogens (tertiary/aromatic N) is 2. The number of hydrogen-bond donors (Lipinski definition) is 2. The van der Waals surface area contributed by atoms with Crippen LogP contribution in [-0.2, 0) is 9.59 Å². The van der Waals surface area contributed by atoms with Crippen molar-refractivity contribution in [1.82, 2.24) is 10.9 Å². The number of carbonyl (C=O) groups excluding carboxylic acids is 2. The summed E-state index contributed by atoms with van der Waals surface area (Å²) in [6.07, 6.45) is 32.1. The SMILES string of the molecule is O=C(CCCCCCC(=O)NN=C1CCCCCCCCCCC1)NN=C1CCCCCCCCCCC1. The summed E-state index contributed by atoms with van der Waals surface area (Å²) in [5, 5.41) is 8.98. The first kappa shape index (κ1) is 32.5. The third-order valence-electron chi connectivity index (χ3n) is 8.10. The quantitative estimate of drug-likeness (QED) is 0.230. The molecule has 0 unspecified atom stereocenters. The van der Waals surface area contributed by atoms with E-state index in [1.54, 1.807) is 0 Å². The molecule has 6 heteroatoms. The number of rotatable bonds is 9. The molecule has 0 aromatic carbocycles. The first-order chi connectivity index (χ1) is 18.7. The Labute approximate surface area is 233 Å². The number of unbranched alkanes of at least 4 members (excludes halogenated alkanes) is 3. The van der Waals surface area contributed by atoms with E-state index in [1.807, 2.05) is 0 Å². The normalized spacial score (nSPS) is 19.6. The lowest BCUT2D eigenvalue weighted by molar-refractivity contribution is -0.122. The molecule has 2 amide bonds. The lowest BCUT2D eigenvalue weighted by Crippen LogP contribution is -2.20. The van der Waals surface area contributed by atoms with Gasteiger partial charge in [0.15, 0.2) is 0 Å². The Morgan fingerprint density at radius 1 is 0.421 bits per heavy atom. The van der Waals surface area contributed by atoms with Crippen LogP contribution in [0.1, 0.15) is 180 Å². The van der Waals surface area contributed by atoms with Gasteiger partial charge in [0.2, 0.25) is 11.8 Å². The minimum Gasteiger partial charge on any atom is -0.273 e. The van der Waals surface area contributed by atoms with Gasteiger partial charge in [0, 0.05) is 24.3 Å². The van der Waals surface area contributed by atoms with Gasteiger partial charge in [0.25, 0.3) is 0 Å². The second-order valence-corrected chi connectivity index (χ2v) is 11.7. The molecule has 2 aliphatic carbocycles. The lowest BCUT2D eigenvalue weighted by Gasteiger charge is -2.10. The van der Waals surface area contributed by atoms with Crippen molar-refractivity contribution in [3.8, 4) is 0 Å². The van der Waals surface area contributed by atoms with E-state index < -0.39 is 0 Å². The summed E-state index contributed by atoms with van der Waals surface area (Å²) in [6.45, 7) is 0. The smallest absolute Gasteiger partial charge is 0.240 e. The first-order valence-electron chi connectivity index (χ1n) is 16.4. The van der Waals surface area contributed by atoms with Crippen molar-refractivity contribution in [3.05, 3.63) is 0 Å². The van der Waals surface area contributed by atoms with Gasteiger partial charge < -0.3 is 0 Å². The zero-order valence-electron chi connectivity index (χ0n) is 24.5. The molecule has 0 saturated heterocycles. The molecular weight excluding hydrogens is 472 g/mol.